The van der Waals surface area contributed by atoms with Gasteiger partial charge in [0.1, 0.15) is 5.75 Å². The molecule has 2 rings (SSSR count). The van der Waals surface area contributed by atoms with Crippen molar-refractivity contribution in [1.82, 2.24) is 20.2 Å². The van der Waals surface area contributed by atoms with Crippen molar-refractivity contribution in [2.45, 2.75) is 19.3 Å². The number of aryl methyl sites for hydroxylation is 1. The van der Waals surface area contributed by atoms with E-state index in [1.165, 1.54) is 0 Å². The van der Waals surface area contributed by atoms with Crippen molar-refractivity contribution in [3.05, 3.63) is 40.7 Å². The molecule has 0 atom stereocenters. The molecule has 0 spiro atoms. The summed E-state index contributed by atoms with van der Waals surface area (Å²) in [6, 6.07) is 7.12. The molecule has 0 bridgehead atoms. The molecular formula is C20H26ClN9O4. The Labute approximate surface area is 200 Å². The number of guanidine groups is 1. The van der Waals surface area contributed by atoms with Gasteiger partial charge in [-0.1, -0.05) is 23.7 Å². The quantitative estimate of drug-likeness (QED) is 0.136. The minimum Gasteiger partial charge on any atom is -0.484 e. The monoisotopic (exact) mass is 491 g/mol. The third-order valence-electron chi connectivity index (χ3n) is 4.49. The number of rotatable bonds is 11. The van der Waals surface area contributed by atoms with Crippen LogP contribution in [0.3, 0.4) is 0 Å². The highest BCUT2D eigenvalue weighted by Gasteiger charge is 2.23. The number of carbonyl (C=O) groups is 3. The topological polar surface area (TPSA) is 229 Å². The molecule has 0 aliphatic rings. The molecule has 0 aliphatic heterocycles. The van der Waals surface area contributed by atoms with E-state index < -0.39 is 23.7 Å². The van der Waals surface area contributed by atoms with Crippen LogP contribution in [0.5, 0.6) is 5.75 Å². The highest BCUT2D eigenvalue weighted by molar-refractivity contribution is 6.31. The van der Waals surface area contributed by atoms with Crippen LogP contribution in [0.4, 0.5) is 11.6 Å². The van der Waals surface area contributed by atoms with Gasteiger partial charge < -0.3 is 33.0 Å². The molecule has 1 aromatic heterocycles. The van der Waals surface area contributed by atoms with Gasteiger partial charge in [-0.25, -0.2) is 9.97 Å². The van der Waals surface area contributed by atoms with E-state index in [0.717, 1.165) is 10.5 Å². The molecular weight excluding hydrogens is 466 g/mol. The fourth-order valence-electron chi connectivity index (χ4n) is 2.80. The normalized spacial score (nSPS) is 10.4. The second kappa shape index (κ2) is 12.2. The standard InChI is InChI=1S/C20H26ClN9O4/c21-16-18(24)29-17(23)15(28-16)19(33)30(20(25)26)8-2-1-3-11-4-6-12(7-5-11)34-10-14(32)27-9-13(22)31/h4-7H,1-3,8-10H2,(H2,22,31)(H3,25,26)(H,27,32)(H4,23,24,29). The molecule has 1 aromatic carbocycles. The number of nitrogens with one attached hydrogen (secondary N) is 2. The predicted octanol–water partition coefficient (Wildman–Crippen LogP) is -0.367. The minimum atomic E-state index is -0.694. The lowest BCUT2D eigenvalue weighted by molar-refractivity contribution is -0.126. The Hall–Kier alpha value is -4.13. The van der Waals surface area contributed by atoms with Gasteiger partial charge in [-0.2, -0.15) is 0 Å². The number of aromatic nitrogens is 2. The molecule has 0 saturated carbocycles. The number of primary amides is 1. The van der Waals surface area contributed by atoms with Crippen molar-refractivity contribution >= 4 is 46.9 Å². The Bertz CT molecular complexity index is 1060. The highest BCUT2D eigenvalue weighted by atomic mass is 35.5. The molecule has 0 aliphatic carbocycles. The number of hydrogen-bond donors (Lipinski definition) is 6. The average Bonchev–Trinajstić information content (AvgIpc) is 2.78. The van der Waals surface area contributed by atoms with Crippen molar-refractivity contribution in [1.29, 1.82) is 5.41 Å². The molecule has 13 nitrogen and oxygen atoms in total. The molecule has 0 saturated heterocycles. The number of benzene rings is 1. The van der Waals surface area contributed by atoms with Gasteiger partial charge in [-0.05, 0) is 37.0 Å². The van der Waals surface area contributed by atoms with Crippen LogP contribution >= 0.6 is 11.6 Å². The number of halogens is 1. The number of nitrogens with zero attached hydrogens (tertiary/aromatic N) is 3. The Morgan fingerprint density at radius 2 is 1.74 bits per heavy atom. The van der Waals surface area contributed by atoms with Gasteiger partial charge in [-0.3, -0.25) is 24.7 Å². The van der Waals surface area contributed by atoms with E-state index in [2.05, 4.69) is 15.3 Å². The molecule has 0 unspecified atom stereocenters. The molecule has 1 heterocycles. The van der Waals surface area contributed by atoms with Gasteiger partial charge in [0.25, 0.3) is 11.8 Å². The van der Waals surface area contributed by atoms with E-state index in [-0.39, 0.29) is 42.2 Å². The summed E-state index contributed by atoms with van der Waals surface area (Å²) in [6.07, 6.45) is 1.92. The summed E-state index contributed by atoms with van der Waals surface area (Å²) in [5, 5.41) is 9.87. The lowest BCUT2D eigenvalue weighted by Crippen LogP contribution is -2.42. The zero-order valence-electron chi connectivity index (χ0n) is 18.2. The average molecular weight is 492 g/mol. The molecule has 0 radical (unpaired) electrons. The van der Waals surface area contributed by atoms with Crippen molar-refractivity contribution < 1.29 is 19.1 Å². The summed E-state index contributed by atoms with van der Waals surface area (Å²) in [6.45, 7) is -0.323. The molecule has 34 heavy (non-hydrogen) atoms. The Morgan fingerprint density at radius 3 is 2.35 bits per heavy atom. The van der Waals surface area contributed by atoms with Crippen LogP contribution in [0.25, 0.3) is 0 Å². The van der Waals surface area contributed by atoms with Crippen LogP contribution in [-0.4, -0.2) is 58.2 Å². The maximum Gasteiger partial charge on any atom is 0.283 e. The maximum absolute atomic E-state index is 12.7. The SMILES string of the molecule is N=C(N)N(CCCCc1ccc(OCC(=O)NCC(N)=O)cc1)C(=O)c1nc(Cl)c(N)nc1N. The lowest BCUT2D eigenvalue weighted by atomic mass is 10.1. The Kier molecular flexibility index (Phi) is 9.38. The van der Waals surface area contributed by atoms with Crippen LogP contribution in [0, 0.1) is 5.41 Å². The van der Waals surface area contributed by atoms with Crippen molar-refractivity contribution in [2.75, 3.05) is 31.2 Å². The maximum atomic E-state index is 12.7. The van der Waals surface area contributed by atoms with Crippen molar-refractivity contribution in [2.24, 2.45) is 11.5 Å². The van der Waals surface area contributed by atoms with Crippen LogP contribution in [0.2, 0.25) is 5.15 Å². The summed E-state index contributed by atoms with van der Waals surface area (Å²) in [5.41, 5.74) is 22.5. The minimum absolute atomic E-state index is 0.104. The largest absolute Gasteiger partial charge is 0.484 e. The zero-order valence-corrected chi connectivity index (χ0v) is 19.0. The van der Waals surface area contributed by atoms with Gasteiger partial charge in [0.15, 0.2) is 35.0 Å². The Morgan fingerprint density at radius 1 is 1.06 bits per heavy atom. The smallest absolute Gasteiger partial charge is 0.283 e. The number of nitrogens with two attached hydrogens (primary N) is 4. The number of unbranched alkanes of at least 4 members (excludes halogenated alkanes) is 1. The van der Waals surface area contributed by atoms with Crippen LogP contribution in [-0.2, 0) is 16.0 Å². The van der Waals surface area contributed by atoms with E-state index >= 15 is 0 Å². The zero-order chi connectivity index (χ0) is 25.3. The van der Waals surface area contributed by atoms with E-state index in [1.54, 1.807) is 12.1 Å². The van der Waals surface area contributed by atoms with Crippen LogP contribution in [0.15, 0.2) is 24.3 Å². The van der Waals surface area contributed by atoms with E-state index in [4.69, 9.17) is 44.7 Å². The molecule has 182 valence electrons. The lowest BCUT2D eigenvalue weighted by Gasteiger charge is -2.20. The van der Waals surface area contributed by atoms with E-state index in [0.29, 0.717) is 25.0 Å². The Balaban J connectivity index is 1.83. The van der Waals surface area contributed by atoms with Crippen LogP contribution < -0.4 is 33.0 Å². The highest BCUT2D eigenvalue weighted by Crippen LogP contribution is 2.19. The number of hydrogen-bond acceptors (Lipinski definition) is 9. The van der Waals surface area contributed by atoms with E-state index in [1.807, 2.05) is 12.1 Å². The predicted molar refractivity (Wildman–Crippen MR) is 126 cm³/mol. The fraction of sp³-hybridized carbons (Fsp3) is 0.300. The third kappa shape index (κ3) is 7.78. The first-order valence-corrected chi connectivity index (χ1v) is 10.5. The molecule has 2 aromatic rings. The van der Waals surface area contributed by atoms with Crippen molar-refractivity contribution in [3.63, 3.8) is 0 Å². The van der Waals surface area contributed by atoms with Gasteiger partial charge in [0.05, 0.1) is 6.54 Å². The number of carbonyl (C=O) groups excluding carboxylic acids is 3. The number of amides is 3. The van der Waals surface area contributed by atoms with Gasteiger partial charge >= 0.3 is 0 Å². The first kappa shape index (κ1) is 26.1. The number of ether oxygens (including phenoxy) is 1. The molecule has 14 heteroatoms. The summed E-state index contributed by atoms with van der Waals surface area (Å²) < 4.78 is 5.35. The fourth-order valence-corrected chi connectivity index (χ4v) is 2.92. The van der Waals surface area contributed by atoms with Gasteiger partial charge in [0, 0.05) is 6.54 Å². The third-order valence-corrected chi connectivity index (χ3v) is 4.77. The second-order valence-corrected chi connectivity index (χ2v) is 7.47. The summed E-state index contributed by atoms with van der Waals surface area (Å²) in [7, 11) is 0. The molecule has 0 fully saturated rings. The molecule has 10 N–H and O–H groups in total. The summed E-state index contributed by atoms with van der Waals surface area (Å²) >= 11 is 5.83. The first-order valence-electron chi connectivity index (χ1n) is 10.1. The van der Waals surface area contributed by atoms with Gasteiger partial charge in [-0.15, -0.1) is 0 Å². The molecule has 3 amide bonds. The van der Waals surface area contributed by atoms with Gasteiger partial charge in [0.2, 0.25) is 5.91 Å². The number of nitrogen functional groups attached to an aromatic ring is 2. The van der Waals surface area contributed by atoms with E-state index in [9.17, 15) is 14.4 Å². The summed E-state index contributed by atoms with van der Waals surface area (Å²) in [4.78, 5) is 43.5. The van der Waals surface area contributed by atoms with Crippen molar-refractivity contribution in [3.8, 4) is 5.75 Å². The van der Waals surface area contributed by atoms with Crippen LogP contribution in [0.1, 0.15) is 28.9 Å². The second-order valence-electron chi connectivity index (χ2n) is 7.11. The first-order chi connectivity index (χ1) is 16.1. The number of anilines is 2. The summed E-state index contributed by atoms with van der Waals surface area (Å²) in [5.74, 6) is -2.06.